The van der Waals surface area contributed by atoms with Gasteiger partial charge in [0, 0.05) is 0 Å². The van der Waals surface area contributed by atoms with Gasteiger partial charge in [-0.2, -0.15) is 26.3 Å². The fraction of sp³-hybridized carbons (Fsp3) is 0.714. The first-order valence-corrected chi connectivity index (χ1v) is 7.14. The maximum Gasteiger partial charge on any atom is 0.449 e. The summed E-state index contributed by atoms with van der Waals surface area (Å²) in [6.45, 7) is 0. The molecule has 4 bridgehead atoms. The first-order valence-electron chi connectivity index (χ1n) is 7.14. The van der Waals surface area contributed by atoms with Gasteiger partial charge in [-0.1, -0.05) is 11.6 Å². The molecule has 4 nitrogen and oxygen atoms in total. The molecule has 3 fully saturated rings. The topological polar surface area (TPSA) is 63.6 Å². The predicted molar refractivity (Wildman–Crippen MR) is 64.5 cm³/mol. The number of rotatable bonds is 3. The molecule has 3 saturated carbocycles. The molecule has 0 aliphatic heterocycles. The Morgan fingerprint density at radius 2 is 1.58 bits per heavy atom. The number of ether oxygens (including phenoxy) is 1. The number of esters is 1. The Hall–Kier alpha value is -1.74. The Morgan fingerprint density at radius 3 is 1.96 bits per heavy atom. The monoisotopic (exact) mass is 358 g/mol. The van der Waals surface area contributed by atoms with Crippen LogP contribution in [0.5, 0.6) is 0 Å². The van der Waals surface area contributed by atoms with Crippen molar-refractivity contribution in [3.8, 4) is 0 Å². The molecular formula is C14H12F6O4. The third-order valence-electron chi connectivity index (χ3n) is 5.29. The minimum atomic E-state index is -6.34. The molecule has 5 aliphatic carbocycles. The lowest BCUT2D eigenvalue weighted by molar-refractivity contribution is -0.360. The summed E-state index contributed by atoms with van der Waals surface area (Å²) in [6.07, 6.45) is -10.1. The Balaban J connectivity index is 1.96. The van der Waals surface area contributed by atoms with Crippen LogP contribution < -0.4 is 0 Å². The normalized spacial score (nSPS) is 32.0. The number of carbonyl (C=O) groups excluding carboxylic acids is 1. The summed E-state index contributed by atoms with van der Waals surface area (Å²) in [6, 6.07) is 0. The van der Waals surface area contributed by atoms with Gasteiger partial charge in [-0.3, -0.25) is 4.79 Å². The maximum atomic E-state index is 13.0. The smallest absolute Gasteiger partial charge is 0.449 e. The van der Waals surface area contributed by atoms with Crippen LogP contribution in [0.4, 0.5) is 26.3 Å². The van der Waals surface area contributed by atoms with Crippen LogP contribution in [0.15, 0.2) is 11.6 Å². The number of carboxylic acid groups (broad SMARTS) is 1. The molecule has 1 N–H and O–H groups in total. The fourth-order valence-electron chi connectivity index (χ4n) is 4.09. The Kier molecular flexibility index (Phi) is 3.32. The average molecular weight is 358 g/mol. The van der Waals surface area contributed by atoms with Crippen molar-refractivity contribution in [1.29, 1.82) is 0 Å². The summed E-state index contributed by atoms with van der Waals surface area (Å²) in [7, 11) is 0. The van der Waals surface area contributed by atoms with Gasteiger partial charge in [0.1, 0.15) is 0 Å². The molecule has 0 aromatic carbocycles. The Bertz CT molecular complexity index is 604. The van der Waals surface area contributed by atoms with Crippen LogP contribution in [0.2, 0.25) is 0 Å². The molecule has 5 rings (SSSR count). The molecule has 10 heteroatoms. The van der Waals surface area contributed by atoms with Gasteiger partial charge in [-0.05, 0) is 37.5 Å². The highest BCUT2D eigenvalue weighted by Crippen LogP contribution is 2.63. The van der Waals surface area contributed by atoms with Crippen LogP contribution in [0, 0.1) is 17.3 Å². The summed E-state index contributed by atoms with van der Waals surface area (Å²) in [5.41, 5.74) is -5.98. The zero-order valence-corrected chi connectivity index (χ0v) is 12.0. The molecule has 2 unspecified atom stereocenters. The molecule has 0 aromatic rings. The second-order valence-corrected chi connectivity index (χ2v) is 6.60. The van der Waals surface area contributed by atoms with Crippen molar-refractivity contribution in [3.05, 3.63) is 11.6 Å². The first kappa shape index (κ1) is 17.1. The van der Waals surface area contributed by atoms with E-state index in [9.17, 15) is 35.9 Å². The van der Waals surface area contributed by atoms with Crippen molar-refractivity contribution < 1.29 is 45.8 Å². The number of allylic oxidation sites excluding steroid dienone is 2. The van der Waals surface area contributed by atoms with Crippen molar-refractivity contribution in [1.82, 2.24) is 0 Å². The van der Waals surface area contributed by atoms with Crippen molar-refractivity contribution in [3.63, 3.8) is 0 Å². The number of carboxylic acids is 1. The predicted octanol–water partition coefficient (Wildman–Crippen LogP) is 3.22. The minimum absolute atomic E-state index is 0.0282. The zero-order chi connectivity index (χ0) is 18.1. The fourth-order valence-corrected chi connectivity index (χ4v) is 4.09. The van der Waals surface area contributed by atoms with E-state index >= 15 is 0 Å². The molecule has 5 aliphatic rings. The average Bonchev–Trinajstić information content (AvgIpc) is 2.41. The van der Waals surface area contributed by atoms with E-state index in [0.717, 1.165) is 12.0 Å². The van der Waals surface area contributed by atoms with Gasteiger partial charge >= 0.3 is 29.9 Å². The lowest BCUT2D eigenvalue weighted by Crippen LogP contribution is -2.66. The quantitative estimate of drug-likeness (QED) is 0.478. The Morgan fingerprint density at radius 1 is 1.08 bits per heavy atom. The molecule has 0 amide bonds. The first-order chi connectivity index (χ1) is 10.8. The number of halogens is 6. The lowest BCUT2D eigenvalue weighted by Gasteiger charge is -2.56. The Labute approximate surface area is 131 Å². The third kappa shape index (κ3) is 2.00. The zero-order valence-electron chi connectivity index (χ0n) is 12.0. The van der Waals surface area contributed by atoms with Crippen LogP contribution >= 0.6 is 0 Å². The van der Waals surface area contributed by atoms with E-state index in [-0.39, 0.29) is 31.1 Å². The van der Waals surface area contributed by atoms with Gasteiger partial charge in [0.15, 0.2) is 0 Å². The third-order valence-corrected chi connectivity index (χ3v) is 5.29. The summed E-state index contributed by atoms with van der Waals surface area (Å²) in [5, 5.41) is 8.64. The van der Waals surface area contributed by atoms with Crippen LogP contribution in [-0.4, -0.2) is 35.0 Å². The second kappa shape index (κ2) is 4.66. The van der Waals surface area contributed by atoms with E-state index in [0.29, 0.717) is 0 Å². The standard InChI is InChI=1S/C14H12F6O4/c15-13(16,17)12(9(21)22,14(18,19)20)24-10(23)11-2-1-8-6(4-11)3-7(8)5-11/h1,6-7H,2-5H2,(H,21,22). The van der Waals surface area contributed by atoms with Crippen molar-refractivity contribution in [2.24, 2.45) is 17.3 Å². The van der Waals surface area contributed by atoms with E-state index in [1.165, 1.54) is 0 Å². The number of aliphatic carboxylic acids is 1. The van der Waals surface area contributed by atoms with Crippen LogP contribution in [-0.2, 0) is 14.3 Å². The van der Waals surface area contributed by atoms with Gasteiger partial charge < -0.3 is 9.84 Å². The number of carbonyl (C=O) groups is 2. The van der Waals surface area contributed by atoms with Crippen LogP contribution in [0.3, 0.4) is 0 Å². The van der Waals surface area contributed by atoms with E-state index in [1.807, 2.05) is 0 Å². The largest absolute Gasteiger partial charge is 0.478 e. The van der Waals surface area contributed by atoms with Gasteiger partial charge in [0.2, 0.25) is 0 Å². The van der Waals surface area contributed by atoms with E-state index in [4.69, 9.17) is 5.11 Å². The molecule has 0 aromatic heterocycles. The molecule has 0 radical (unpaired) electrons. The SMILES string of the molecule is O=C(OC(C(=O)O)(C(F)(F)F)C(F)(F)F)C12CC=C3C(CC3C1)C2. The molecule has 24 heavy (non-hydrogen) atoms. The number of hydrogen-bond acceptors (Lipinski definition) is 3. The second-order valence-electron chi connectivity index (χ2n) is 6.60. The molecule has 0 spiro atoms. The van der Waals surface area contributed by atoms with E-state index in [2.05, 4.69) is 4.74 Å². The van der Waals surface area contributed by atoms with Gasteiger partial charge in [0.25, 0.3) is 0 Å². The maximum absolute atomic E-state index is 13.0. The van der Waals surface area contributed by atoms with E-state index < -0.39 is 35.3 Å². The van der Waals surface area contributed by atoms with Gasteiger partial charge in [-0.15, -0.1) is 0 Å². The summed E-state index contributed by atoms with van der Waals surface area (Å²) in [5.74, 6) is -5.13. The van der Waals surface area contributed by atoms with E-state index in [1.54, 1.807) is 6.08 Å². The molecular weight excluding hydrogens is 346 g/mol. The highest BCUT2D eigenvalue weighted by Gasteiger charge is 2.80. The molecule has 134 valence electrons. The van der Waals surface area contributed by atoms with Gasteiger partial charge in [-0.25, -0.2) is 4.79 Å². The summed E-state index contributed by atoms with van der Waals surface area (Å²) in [4.78, 5) is 23.1. The summed E-state index contributed by atoms with van der Waals surface area (Å²) >= 11 is 0. The van der Waals surface area contributed by atoms with Crippen LogP contribution in [0.1, 0.15) is 25.7 Å². The van der Waals surface area contributed by atoms with Gasteiger partial charge in [0.05, 0.1) is 5.41 Å². The highest BCUT2D eigenvalue weighted by atomic mass is 19.4. The highest BCUT2D eigenvalue weighted by molar-refractivity contribution is 5.86. The van der Waals surface area contributed by atoms with Crippen LogP contribution in [0.25, 0.3) is 0 Å². The van der Waals surface area contributed by atoms with Crippen molar-refractivity contribution >= 4 is 11.9 Å². The van der Waals surface area contributed by atoms with Crippen molar-refractivity contribution in [2.75, 3.05) is 0 Å². The number of hydrogen-bond donors (Lipinski definition) is 1. The lowest BCUT2D eigenvalue weighted by atomic mass is 9.48. The van der Waals surface area contributed by atoms with Crippen molar-refractivity contribution in [2.45, 2.75) is 43.6 Å². The summed E-state index contributed by atoms with van der Waals surface area (Å²) < 4.78 is 81.6. The molecule has 0 heterocycles. The molecule has 0 saturated heterocycles. The minimum Gasteiger partial charge on any atom is -0.478 e. The molecule has 2 atom stereocenters. The number of fused-ring (bicyclic) bond motifs is 1. The number of alkyl halides is 6.